The van der Waals surface area contributed by atoms with Gasteiger partial charge in [0.1, 0.15) is 0 Å². The summed E-state index contributed by atoms with van der Waals surface area (Å²) >= 11 is 0. The van der Waals surface area contributed by atoms with Crippen LogP contribution in [0.3, 0.4) is 0 Å². The third-order valence-corrected chi connectivity index (χ3v) is 2.08. The molecule has 0 aliphatic carbocycles. The minimum Gasteiger partial charge on any atom is -0.395 e. The molecule has 1 unspecified atom stereocenters. The van der Waals surface area contributed by atoms with Gasteiger partial charge in [-0.2, -0.15) is 0 Å². The molecule has 0 radical (unpaired) electrons. The molecule has 13 heavy (non-hydrogen) atoms. The minimum atomic E-state index is -0.0310. The average Bonchev–Trinajstić information content (AvgIpc) is 2.13. The lowest BCUT2D eigenvalue weighted by molar-refractivity contribution is -0.135. The molecule has 3 N–H and O–H groups in total. The Morgan fingerprint density at radius 1 is 1.62 bits per heavy atom. The van der Waals surface area contributed by atoms with Crippen molar-refractivity contribution < 1.29 is 9.90 Å². The van der Waals surface area contributed by atoms with Crippen LogP contribution in [-0.4, -0.2) is 42.2 Å². The first-order valence-electron chi connectivity index (χ1n) is 4.77. The standard InChI is InChI=1S/C9H20N2O2/c1-3-11(6-7-12)9(13)8(2)4-5-10/h8,12H,3-7,10H2,1-2H3. The first kappa shape index (κ1) is 12.4. The Morgan fingerprint density at radius 2 is 2.23 bits per heavy atom. The van der Waals surface area contributed by atoms with E-state index in [9.17, 15) is 4.79 Å². The summed E-state index contributed by atoms with van der Waals surface area (Å²) in [4.78, 5) is 13.3. The Morgan fingerprint density at radius 3 is 2.62 bits per heavy atom. The fourth-order valence-corrected chi connectivity index (χ4v) is 1.23. The molecule has 0 spiro atoms. The Labute approximate surface area is 79.7 Å². The molecule has 1 atom stereocenters. The van der Waals surface area contributed by atoms with Gasteiger partial charge in [0.25, 0.3) is 0 Å². The number of hydrogen-bond donors (Lipinski definition) is 2. The monoisotopic (exact) mass is 188 g/mol. The Bertz CT molecular complexity index is 151. The van der Waals surface area contributed by atoms with E-state index in [1.165, 1.54) is 0 Å². The maximum atomic E-state index is 11.6. The first-order valence-corrected chi connectivity index (χ1v) is 4.77. The summed E-state index contributed by atoms with van der Waals surface area (Å²) in [6.45, 7) is 5.40. The van der Waals surface area contributed by atoms with Gasteiger partial charge < -0.3 is 15.7 Å². The van der Waals surface area contributed by atoms with Gasteiger partial charge in [-0.3, -0.25) is 4.79 Å². The summed E-state index contributed by atoms with van der Waals surface area (Å²) in [5.41, 5.74) is 5.36. The van der Waals surface area contributed by atoms with E-state index in [0.717, 1.165) is 0 Å². The molecule has 0 aromatic rings. The summed E-state index contributed by atoms with van der Waals surface area (Å²) in [5.74, 6) is 0.0542. The molecule has 4 nitrogen and oxygen atoms in total. The Kier molecular flexibility index (Phi) is 6.54. The van der Waals surface area contributed by atoms with Crippen LogP contribution in [0.15, 0.2) is 0 Å². The molecule has 0 saturated carbocycles. The number of amides is 1. The summed E-state index contributed by atoms with van der Waals surface area (Å²) in [6, 6.07) is 0. The van der Waals surface area contributed by atoms with E-state index in [1.54, 1.807) is 4.90 Å². The normalized spacial score (nSPS) is 12.6. The van der Waals surface area contributed by atoms with Crippen LogP contribution in [0.4, 0.5) is 0 Å². The highest BCUT2D eigenvalue weighted by molar-refractivity contribution is 5.78. The molecule has 0 saturated heterocycles. The molecule has 0 bridgehead atoms. The van der Waals surface area contributed by atoms with Crippen molar-refractivity contribution in [2.75, 3.05) is 26.2 Å². The van der Waals surface area contributed by atoms with Crippen molar-refractivity contribution in [3.8, 4) is 0 Å². The summed E-state index contributed by atoms with van der Waals surface area (Å²) in [7, 11) is 0. The molecule has 0 rings (SSSR count). The maximum absolute atomic E-state index is 11.6. The Hall–Kier alpha value is -0.610. The molecule has 4 heteroatoms. The number of carbonyl (C=O) groups is 1. The van der Waals surface area contributed by atoms with Crippen molar-refractivity contribution >= 4 is 5.91 Å². The van der Waals surface area contributed by atoms with E-state index in [0.29, 0.717) is 26.1 Å². The topological polar surface area (TPSA) is 66.6 Å². The molecule has 0 aromatic carbocycles. The molecule has 0 aromatic heterocycles. The summed E-state index contributed by atoms with van der Waals surface area (Å²) in [6.07, 6.45) is 0.709. The number of nitrogens with two attached hydrogens (primary N) is 1. The molecular weight excluding hydrogens is 168 g/mol. The maximum Gasteiger partial charge on any atom is 0.225 e. The van der Waals surface area contributed by atoms with Gasteiger partial charge in [0.2, 0.25) is 5.91 Å². The Balaban J connectivity index is 4.02. The largest absolute Gasteiger partial charge is 0.395 e. The van der Waals surface area contributed by atoms with Crippen molar-refractivity contribution in [3.05, 3.63) is 0 Å². The van der Waals surface area contributed by atoms with Crippen LogP contribution in [0.25, 0.3) is 0 Å². The van der Waals surface area contributed by atoms with Crippen LogP contribution in [0, 0.1) is 5.92 Å². The SMILES string of the molecule is CCN(CCO)C(=O)C(C)CCN. The van der Waals surface area contributed by atoms with Crippen molar-refractivity contribution in [1.29, 1.82) is 0 Å². The van der Waals surface area contributed by atoms with Gasteiger partial charge in [-0.1, -0.05) is 6.92 Å². The van der Waals surface area contributed by atoms with Crippen molar-refractivity contribution in [1.82, 2.24) is 4.90 Å². The predicted octanol–water partition coefficient (Wildman–Crippen LogP) is -0.188. The molecule has 1 amide bonds. The third-order valence-electron chi connectivity index (χ3n) is 2.08. The molecular formula is C9H20N2O2. The van der Waals surface area contributed by atoms with Gasteiger partial charge in [-0.05, 0) is 19.9 Å². The molecule has 0 fully saturated rings. The molecule has 0 heterocycles. The lowest BCUT2D eigenvalue weighted by atomic mass is 10.1. The molecule has 0 aliphatic rings. The summed E-state index contributed by atoms with van der Waals surface area (Å²) in [5, 5.41) is 8.71. The van der Waals surface area contributed by atoms with Crippen LogP contribution >= 0.6 is 0 Å². The number of hydrogen-bond acceptors (Lipinski definition) is 3. The van der Waals surface area contributed by atoms with E-state index < -0.39 is 0 Å². The highest BCUT2D eigenvalue weighted by atomic mass is 16.3. The molecule has 78 valence electrons. The van der Waals surface area contributed by atoms with Crippen LogP contribution in [0.5, 0.6) is 0 Å². The molecule has 0 aliphatic heterocycles. The number of carbonyl (C=O) groups excluding carboxylic acids is 1. The fourth-order valence-electron chi connectivity index (χ4n) is 1.23. The summed E-state index contributed by atoms with van der Waals surface area (Å²) < 4.78 is 0. The number of likely N-dealkylation sites (N-methyl/N-ethyl adjacent to an activating group) is 1. The van der Waals surface area contributed by atoms with Crippen LogP contribution in [-0.2, 0) is 4.79 Å². The highest BCUT2D eigenvalue weighted by Gasteiger charge is 2.17. The van der Waals surface area contributed by atoms with Gasteiger partial charge in [-0.25, -0.2) is 0 Å². The van der Waals surface area contributed by atoms with E-state index >= 15 is 0 Å². The number of aliphatic hydroxyl groups is 1. The second-order valence-electron chi connectivity index (χ2n) is 3.12. The second kappa shape index (κ2) is 6.86. The van der Waals surface area contributed by atoms with Gasteiger partial charge in [-0.15, -0.1) is 0 Å². The van der Waals surface area contributed by atoms with E-state index in [1.807, 2.05) is 13.8 Å². The second-order valence-corrected chi connectivity index (χ2v) is 3.12. The van der Waals surface area contributed by atoms with Crippen LogP contribution < -0.4 is 5.73 Å². The van der Waals surface area contributed by atoms with Gasteiger partial charge in [0, 0.05) is 19.0 Å². The number of aliphatic hydroxyl groups excluding tert-OH is 1. The quantitative estimate of drug-likeness (QED) is 0.607. The van der Waals surface area contributed by atoms with E-state index in [2.05, 4.69) is 0 Å². The number of rotatable bonds is 6. The van der Waals surface area contributed by atoms with Crippen LogP contribution in [0.1, 0.15) is 20.3 Å². The zero-order chi connectivity index (χ0) is 10.3. The smallest absolute Gasteiger partial charge is 0.225 e. The van der Waals surface area contributed by atoms with E-state index in [4.69, 9.17) is 10.8 Å². The minimum absolute atomic E-state index is 0.0227. The zero-order valence-corrected chi connectivity index (χ0v) is 8.49. The van der Waals surface area contributed by atoms with Crippen molar-refractivity contribution in [3.63, 3.8) is 0 Å². The van der Waals surface area contributed by atoms with Gasteiger partial charge in [0.15, 0.2) is 0 Å². The van der Waals surface area contributed by atoms with Crippen LogP contribution in [0.2, 0.25) is 0 Å². The lowest BCUT2D eigenvalue weighted by Crippen LogP contribution is -2.37. The first-order chi connectivity index (χ1) is 6.17. The fraction of sp³-hybridized carbons (Fsp3) is 0.889. The lowest BCUT2D eigenvalue weighted by Gasteiger charge is -2.23. The average molecular weight is 188 g/mol. The van der Waals surface area contributed by atoms with Gasteiger partial charge in [0.05, 0.1) is 6.61 Å². The predicted molar refractivity (Wildman–Crippen MR) is 52.2 cm³/mol. The van der Waals surface area contributed by atoms with E-state index in [-0.39, 0.29) is 18.4 Å². The van der Waals surface area contributed by atoms with Crippen molar-refractivity contribution in [2.24, 2.45) is 11.7 Å². The number of nitrogens with zero attached hydrogens (tertiary/aromatic N) is 1. The van der Waals surface area contributed by atoms with Crippen molar-refractivity contribution in [2.45, 2.75) is 20.3 Å². The highest BCUT2D eigenvalue weighted by Crippen LogP contribution is 2.05. The zero-order valence-electron chi connectivity index (χ0n) is 8.49. The third kappa shape index (κ3) is 4.24. The van der Waals surface area contributed by atoms with Gasteiger partial charge >= 0.3 is 0 Å².